The molecule has 2 aromatic rings. The van der Waals surface area contributed by atoms with Crippen molar-refractivity contribution in [1.82, 2.24) is 10.2 Å². The second-order valence-corrected chi connectivity index (χ2v) is 21.5. The molecule has 2 N–H and O–H groups in total. The van der Waals surface area contributed by atoms with Gasteiger partial charge in [-0.3, -0.25) is 19.7 Å². The van der Waals surface area contributed by atoms with Crippen molar-refractivity contribution in [3.05, 3.63) is 87.7 Å². The van der Waals surface area contributed by atoms with Crippen LogP contribution in [0, 0.1) is 29.2 Å². The molecule has 372 valence electrons. The van der Waals surface area contributed by atoms with Crippen molar-refractivity contribution in [2.24, 2.45) is 5.92 Å². The molecule has 3 amide bonds. The van der Waals surface area contributed by atoms with Crippen molar-refractivity contribution in [2.45, 2.75) is 120 Å². The second-order valence-electron chi connectivity index (χ2n) is 18.0. The van der Waals surface area contributed by atoms with Crippen LogP contribution in [0.5, 0.6) is 11.5 Å². The maximum atomic E-state index is 14.3. The Morgan fingerprint density at radius 1 is 1.10 bits per heavy atom. The van der Waals surface area contributed by atoms with E-state index in [0.717, 1.165) is 11.1 Å². The zero-order chi connectivity index (χ0) is 50.0. The number of alkyl carbamates (subject to hydrolysis) is 1. The number of aliphatic hydroxyl groups is 1. The number of ether oxygens (including phenoxy) is 6. The maximum Gasteiger partial charge on any atom is 0.409 e. The van der Waals surface area contributed by atoms with E-state index < -0.39 is 93.5 Å². The molecule has 1 spiro atoms. The average molecular weight is 1010 g/mol. The minimum atomic E-state index is -1.86. The minimum Gasteiger partial charge on any atom is -0.495 e. The molecule has 0 aliphatic carbocycles. The first kappa shape index (κ1) is 52.9. The molecule has 4 bridgehead atoms. The van der Waals surface area contributed by atoms with Gasteiger partial charge in [0.05, 0.1) is 25.3 Å². The van der Waals surface area contributed by atoms with Gasteiger partial charge in [0.15, 0.2) is 23.0 Å². The zero-order valence-electron chi connectivity index (χ0n) is 39.1. The number of epoxide rings is 1. The predicted octanol–water partition coefficient (Wildman–Crippen LogP) is 8.36. The van der Waals surface area contributed by atoms with Crippen LogP contribution in [0.15, 0.2) is 53.8 Å². The SMILES string of the molecule is COc1cc2cc(c1Cl)N(C)C(=O)C[C@@H]1OC([C@H](C)N(C)C(=O)CCSSC(C)(C)CCC(=O)Oc3c(F)c(F)cc(F)c3F)=C[C@]13O[C@H]3[C@H](C)[C@@H]1C[C@@](O)(NC(=O)O1)[C@H](OC)/C=C/C=C(\C)C2. The van der Waals surface area contributed by atoms with Crippen LogP contribution in [-0.4, -0.2) is 114 Å². The number of amides is 3. The zero-order valence-corrected chi connectivity index (χ0v) is 41.5. The van der Waals surface area contributed by atoms with Crippen LogP contribution < -0.4 is 19.7 Å². The van der Waals surface area contributed by atoms with E-state index in [0.29, 0.717) is 29.4 Å². The highest BCUT2D eigenvalue weighted by Crippen LogP contribution is 2.54. The van der Waals surface area contributed by atoms with E-state index in [1.807, 2.05) is 39.8 Å². The predicted molar refractivity (Wildman–Crippen MR) is 248 cm³/mol. The van der Waals surface area contributed by atoms with Gasteiger partial charge in [-0.25, -0.2) is 13.6 Å². The van der Waals surface area contributed by atoms with Crippen molar-refractivity contribution >= 4 is 62.8 Å². The molecule has 14 nitrogen and oxygen atoms in total. The van der Waals surface area contributed by atoms with Gasteiger partial charge in [-0.05, 0) is 64.3 Å². The second kappa shape index (κ2) is 21.3. The van der Waals surface area contributed by atoms with Crippen molar-refractivity contribution < 1.29 is 70.3 Å². The van der Waals surface area contributed by atoms with Crippen LogP contribution in [0.3, 0.4) is 0 Å². The number of rotatable bonds is 13. The van der Waals surface area contributed by atoms with Gasteiger partial charge in [0.25, 0.3) is 0 Å². The Bertz CT molecular complexity index is 2370. The quantitative estimate of drug-likeness (QED) is 0.0375. The van der Waals surface area contributed by atoms with Crippen molar-refractivity contribution in [2.75, 3.05) is 39.0 Å². The van der Waals surface area contributed by atoms with Crippen LogP contribution in [-0.2, 0) is 39.8 Å². The van der Waals surface area contributed by atoms with Gasteiger partial charge in [-0.1, -0.05) is 63.9 Å². The number of esters is 1. The summed E-state index contributed by atoms with van der Waals surface area (Å²) in [6.07, 6.45) is 2.94. The molecule has 6 rings (SSSR count). The van der Waals surface area contributed by atoms with Crippen LogP contribution in [0.1, 0.15) is 72.3 Å². The number of benzene rings is 2. The van der Waals surface area contributed by atoms with Gasteiger partial charge in [0.1, 0.15) is 40.9 Å². The van der Waals surface area contributed by atoms with Gasteiger partial charge < -0.3 is 43.3 Å². The molecule has 0 saturated carbocycles. The number of fused-ring (bicyclic) bond motifs is 4. The van der Waals surface area contributed by atoms with Gasteiger partial charge >= 0.3 is 12.1 Å². The molecule has 8 atom stereocenters. The van der Waals surface area contributed by atoms with Crippen molar-refractivity contribution in [3.63, 3.8) is 0 Å². The van der Waals surface area contributed by atoms with Gasteiger partial charge in [0.2, 0.25) is 29.2 Å². The summed E-state index contributed by atoms with van der Waals surface area (Å²) in [6.45, 7) is 9.14. The molecule has 68 heavy (non-hydrogen) atoms. The summed E-state index contributed by atoms with van der Waals surface area (Å²) >= 11 is 6.81. The highest BCUT2D eigenvalue weighted by Gasteiger charge is 2.68. The molecule has 2 saturated heterocycles. The summed E-state index contributed by atoms with van der Waals surface area (Å²) in [5, 5.41) is 14.6. The Balaban J connectivity index is 1.16. The van der Waals surface area contributed by atoms with Crippen molar-refractivity contribution in [3.8, 4) is 11.5 Å². The Hall–Kier alpha value is -4.47. The Kier molecular flexibility index (Phi) is 16.5. The van der Waals surface area contributed by atoms with Crippen molar-refractivity contribution in [1.29, 1.82) is 0 Å². The number of methoxy groups -OCH3 is 2. The monoisotopic (exact) mass is 1010 g/mol. The molecule has 4 aliphatic heterocycles. The summed E-state index contributed by atoms with van der Waals surface area (Å²) < 4.78 is 89.3. The van der Waals surface area contributed by atoms with E-state index in [4.69, 9.17) is 35.3 Å². The Labute approximate surface area is 405 Å². The largest absolute Gasteiger partial charge is 0.495 e. The van der Waals surface area contributed by atoms with E-state index in [-0.39, 0.29) is 55.0 Å². The van der Waals surface area contributed by atoms with Crippen LogP contribution in [0.4, 0.5) is 28.0 Å². The van der Waals surface area contributed by atoms with Crippen LogP contribution in [0.25, 0.3) is 0 Å². The third kappa shape index (κ3) is 11.6. The normalized spacial score (nSPS) is 27.8. The van der Waals surface area contributed by atoms with E-state index in [1.54, 1.807) is 45.3 Å². The number of hydrogen-bond acceptors (Lipinski definition) is 13. The lowest BCUT2D eigenvalue weighted by atomic mass is 9.83. The lowest BCUT2D eigenvalue weighted by Crippen LogP contribution is -2.63. The van der Waals surface area contributed by atoms with Crippen LogP contribution in [0.2, 0.25) is 5.02 Å². The van der Waals surface area contributed by atoms with Gasteiger partial charge in [-0.2, -0.15) is 8.78 Å². The highest BCUT2D eigenvalue weighted by atomic mass is 35.5. The lowest BCUT2D eigenvalue weighted by Gasteiger charge is -2.42. The molecule has 4 heterocycles. The Morgan fingerprint density at radius 2 is 1.79 bits per heavy atom. The molecule has 2 aromatic carbocycles. The Morgan fingerprint density at radius 3 is 2.46 bits per heavy atom. The standard InChI is InChI=1S/C47H56ClF4N3O11S2/c1-24-11-10-12-34(62-9)47(60)23-32(64-44(59)53-47)25(2)43-46(66-43)22-33(63-35(46)21-37(57)55(7)30-18-27(17-24)19-31(61-8)39(30)48)26(3)54(6)36(56)14-16-67-68-45(4,5)15-13-38(58)65-42-40(51)28(49)20-29(50)41(42)52/h10-12,18-20,22,25-26,32,34-35,43,60H,13-17,21,23H2,1-9H3,(H,53,59)/b12-10+,24-11+/t25-,26+,32+,34-,35+,43+,46+,47+/m1/s1. The number of carbonyl (C=O) groups excluding carboxylic acids is 4. The van der Waals surface area contributed by atoms with Gasteiger partial charge in [-0.15, -0.1) is 0 Å². The minimum absolute atomic E-state index is 0.0187. The summed E-state index contributed by atoms with van der Waals surface area (Å²) in [5.74, 6) is -9.57. The molecule has 0 unspecified atom stereocenters. The number of anilines is 1. The molecular weight excluding hydrogens is 958 g/mol. The molecule has 0 aromatic heterocycles. The third-order valence-corrected chi connectivity index (χ3v) is 16.3. The number of likely N-dealkylation sites (N-methyl/N-ethyl adjacent to an activating group) is 1. The molecular formula is C47H56ClF4N3O11S2. The van der Waals surface area contributed by atoms with Crippen LogP contribution >= 0.6 is 33.2 Å². The number of halogens is 5. The molecule has 0 radical (unpaired) electrons. The highest BCUT2D eigenvalue weighted by molar-refractivity contribution is 8.77. The molecule has 2 fully saturated rings. The average Bonchev–Trinajstić information content (AvgIpc) is 3.90. The van der Waals surface area contributed by atoms with E-state index in [1.165, 1.54) is 45.6 Å². The van der Waals surface area contributed by atoms with E-state index in [2.05, 4.69) is 10.1 Å². The summed E-state index contributed by atoms with van der Waals surface area (Å²) in [5.41, 5.74) is -0.906. The lowest BCUT2D eigenvalue weighted by molar-refractivity contribution is -0.142. The fourth-order valence-corrected chi connectivity index (χ4v) is 11.3. The van der Waals surface area contributed by atoms with E-state index >= 15 is 0 Å². The smallest absolute Gasteiger partial charge is 0.409 e. The maximum absolute atomic E-state index is 14.3. The number of hydrogen-bond donors (Lipinski definition) is 2. The van der Waals surface area contributed by atoms with E-state index in [9.17, 15) is 41.8 Å². The summed E-state index contributed by atoms with van der Waals surface area (Å²) in [6, 6.07) is 2.99. The molecule has 4 aliphatic rings. The number of carbonyl (C=O) groups is 4. The van der Waals surface area contributed by atoms with Gasteiger partial charge in [0, 0.05) is 63.0 Å². The number of allylic oxidation sites excluding steroid dienone is 3. The first-order chi connectivity index (χ1) is 31.9. The number of nitrogens with zero attached hydrogens (tertiary/aromatic N) is 2. The fourth-order valence-electron chi connectivity index (χ4n) is 8.39. The fraction of sp³-hybridized carbons (Fsp3) is 0.532. The topological polar surface area (TPSA) is 166 Å². The number of nitrogens with one attached hydrogen (secondary N) is 1. The first-order valence-corrected chi connectivity index (χ1v) is 24.5. The first-order valence-electron chi connectivity index (χ1n) is 21.8. The summed E-state index contributed by atoms with van der Waals surface area (Å²) in [4.78, 5) is 56.3. The summed E-state index contributed by atoms with van der Waals surface area (Å²) in [7, 11) is 8.87. The third-order valence-electron chi connectivity index (χ3n) is 12.6. The molecule has 21 heteroatoms.